The lowest BCUT2D eigenvalue weighted by Crippen LogP contribution is -2.32. The first-order chi connectivity index (χ1) is 13.9. The number of thiocarbonyl (C=S) groups is 1. The first kappa shape index (κ1) is 22.5. The third kappa shape index (κ3) is 5.84. The quantitative estimate of drug-likeness (QED) is 0.480. The number of anilines is 1. The molecule has 1 atom stereocenters. The van der Waals surface area contributed by atoms with Crippen molar-refractivity contribution in [2.45, 2.75) is 33.2 Å². The number of methoxy groups -OCH3 is 2. The number of rotatable bonds is 8. The van der Waals surface area contributed by atoms with Crippen LogP contribution >= 0.6 is 12.2 Å². The Bertz CT molecular complexity index is 870. The fraction of sp³-hybridized carbons (Fsp3) is 0.364. The van der Waals surface area contributed by atoms with Crippen LogP contribution in [-0.4, -0.2) is 31.9 Å². The predicted molar refractivity (Wildman–Crippen MR) is 119 cm³/mol. The number of benzene rings is 2. The van der Waals surface area contributed by atoms with Gasteiger partial charge in [-0.2, -0.15) is 0 Å². The van der Waals surface area contributed by atoms with Gasteiger partial charge in [-0.15, -0.1) is 0 Å². The molecular formula is C22H28N2O4S. The van der Waals surface area contributed by atoms with Gasteiger partial charge in [-0.3, -0.25) is 0 Å². The number of hydrogen-bond acceptors (Lipinski definition) is 5. The highest BCUT2D eigenvalue weighted by molar-refractivity contribution is 7.80. The smallest absolute Gasteiger partial charge is 0.338 e. The van der Waals surface area contributed by atoms with E-state index in [4.69, 9.17) is 26.4 Å². The van der Waals surface area contributed by atoms with E-state index in [-0.39, 0.29) is 12.0 Å². The average molecular weight is 417 g/mol. The third-order valence-corrected chi connectivity index (χ3v) is 4.74. The zero-order chi connectivity index (χ0) is 21.4. The van der Waals surface area contributed by atoms with Crippen molar-refractivity contribution in [2.75, 3.05) is 26.1 Å². The molecule has 0 radical (unpaired) electrons. The Morgan fingerprint density at radius 3 is 2.41 bits per heavy atom. The monoisotopic (exact) mass is 416 g/mol. The van der Waals surface area contributed by atoms with Crippen molar-refractivity contribution in [1.82, 2.24) is 5.32 Å². The summed E-state index contributed by atoms with van der Waals surface area (Å²) < 4.78 is 15.8. The van der Waals surface area contributed by atoms with Gasteiger partial charge in [0.05, 0.1) is 32.4 Å². The fourth-order valence-electron chi connectivity index (χ4n) is 2.91. The van der Waals surface area contributed by atoms with Gasteiger partial charge in [-0.25, -0.2) is 4.79 Å². The van der Waals surface area contributed by atoms with Crippen LogP contribution in [0.1, 0.15) is 47.8 Å². The van der Waals surface area contributed by atoms with E-state index in [9.17, 15) is 4.79 Å². The Labute approximate surface area is 177 Å². The molecule has 0 saturated carbocycles. The lowest BCUT2D eigenvalue weighted by atomic mass is 10.0. The topological polar surface area (TPSA) is 68.8 Å². The summed E-state index contributed by atoms with van der Waals surface area (Å²) in [6.07, 6.45) is 0.819. The largest absolute Gasteiger partial charge is 0.493 e. The van der Waals surface area contributed by atoms with Crippen LogP contribution in [0.15, 0.2) is 36.4 Å². The molecule has 0 aliphatic carbocycles. The molecule has 0 spiro atoms. The Kier molecular flexibility index (Phi) is 8.27. The van der Waals surface area contributed by atoms with Crippen LogP contribution < -0.4 is 20.1 Å². The van der Waals surface area contributed by atoms with E-state index in [1.54, 1.807) is 33.3 Å². The standard InChI is InChI=1S/C22H28N2O4S/c1-6-17(15-10-11-19(26-4)20(13-15)27-5)23-22(29)24-18-12-16(9-8-14(18)3)21(25)28-7-2/h8-13,17H,6-7H2,1-5H3,(H2,23,24,29). The highest BCUT2D eigenvalue weighted by atomic mass is 32.1. The van der Waals surface area contributed by atoms with E-state index in [1.807, 2.05) is 31.2 Å². The van der Waals surface area contributed by atoms with Gasteiger partial charge in [-0.1, -0.05) is 19.1 Å². The van der Waals surface area contributed by atoms with E-state index in [0.717, 1.165) is 23.2 Å². The molecule has 0 aromatic heterocycles. The van der Waals surface area contributed by atoms with Gasteiger partial charge >= 0.3 is 5.97 Å². The zero-order valence-electron chi connectivity index (χ0n) is 17.5. The number of carbonyl (C=O) groups is 1. The van der Waals surface area contributed by atoms with E-state index < -0.39 is 0 Å². The Morgan fingerprint density at radius 1 is 1.07 bits per heavy atom. The molecule has 2 rings (SSSR count). The molecule has 2 aromatic carbocycles. The summed E-state index contributed by atoms with van der Waals surface area (Å²) in [4.78, 5) is 12.0. The van der Waals surface area contributed by atoms with Crippen molar-refractivity contribution in [1.29, 1.82) is 0 Å². The molecule has 0 saturated heterocycles. The number of hydrogen-bond donors (Lipinski definition) is 2. The minimum Gasteiger partial charge on any atom is -0.493 e. The van der Waals surface area contributed by atoms with Crippen molar-refractivity contribution in [3.05, 3.63) is 53.1 Å². The van der Waals surface area contributed by atoms with Crippen LogP contribution in [0.2, 0.25) is 0 Å². The Hall–Kier alpha value is -2.80. The van der Waals surface area contributed by atoms with Gasteiger partial charge < -0.3 is 24.8 Å². The van der Waals surface area contributed by atoms with E-state index >= 15 is 0 Å². The lowest BCUT2D eigenvalue weighted by Gasteiger charge is -2.22. The molecule has 0 fully saturated rings. The van der Waals surface area contributed by atoms with Gasteiger partial charge in [0.15, 0.2) is 16.6 Å². The molecule has 2 aromatic rings. The number of aryl methyl sites for hydroxylation is 1. The minimum atomic E-state index is -0.355. The van der Waals surface area contributed by atoms with Crippen LogP contribution in [0.3, 0.4) is 0 Å². The summed E-state index contributed by atoms with van der Waals surface area (Å²) in [5, 5.41) is 6.99. The minimum absolute atomic E-state index is 0.0108. The molecule has 0 aliphatic rings. The zero-order valence-corrected chi connectivity index (χ0v) is 18.3. The summed E-state index contributed by atoms with van der Waals surface area (Å²) in [6, 6.07) is 11.1. The first-order valence-corrected chi connectivity index (χ1v) is 9.91. The van der Waals surface area contributed by atoms with Crippen molar-refractivity contribution in [3.8, 4) is 11.5 Å². The number of ether oxygens (including phenoxy) is 3. The number of esters is 1. The van der Waals surface area contributed by atoms with Gasteiger partial charge in [-0.05, 0) is 67.9 Å². The molecule has 0 bridgehead atoms. The third-order valence-electron chi connectivity index (χ3n) is 4.52. The van der Waals surface area contributed by atoms with Crippen molar-refractivity contribution >= 4 is 29.0 Å². The summed E-state index contributed by atoms with van der Waals surface area (Å²) in [6.45, 7) is 6.14. The van der Waals surface area contributed by atoms with Crippen LogP contribution in [0.4, 0.5) is 5.69 Å². The van der Waals surface area contributed by atoms with Gasteiger partial charge in [0.2, 0.25) is 0 Å². The maximum Gasteiger partial charge on any atom is 0.338 e. The van der Waals surface area contributed by atoms with Crippen LogP contribution in [-0.2, 0) is 4.74 Å². The fourth-order valence-corrected chi connectivity index (χ4v) is 3.16. The summed E-state index contributed by atoms with van der Waals surface area (Å²) in [7, 11) is 3.22. The highest BCUT2D eigenvalue weighted by Crippen LogP contribution is 2.31. The summed E-state index contributed by atoms with van der Waals surface area (Å²) in [5.74, 6) is 0.992. The molecular weight excluding hydrogens is 388 g/mol. The predicted octanol–water partition coefficient (Wildman–Crippen LogP) is 4.63. The average Bonchev–Trinajstić information content (AvgIpc) is 2.73. The van der Waals surface area contributed by atoms with Gasteiger partial charge in [0.25, 0.3) is 0 Å². The van der Waals surface area contributed by atoms with Crippen LogP contribution in [0.25, 0.3) is 0 Å². The van der Waals surface area contributed by atoms with Crippen molar-refractivity contribution < 1.29 is 19.0 Å². The molecule has 0 amide bonds. The number of nitrogens with one attached hydrogen (secondary N) is 2. The summed E-state index contributed by atoms with van der Waals surface area (Å²) in [5.41, 5.74) is 3.25. The van der Waals surface area contributed by atoms with E-state index in [2.05, 4.69) is 17.6 Å². The van der Waals surface area contributed by atoms with Crippen LogP contribution in [0, 0.1) is 6.92 Å². The Balaban J connectivity index is 2.15. The highest BCUT2D eigenvalue weighted by Gasteiger charge is 2.15. The van der Waals surface area contributed by atoms with E-state index in [1.165, 1.54) is 0 Å². The van der Waals surface area contributed by atoms with Crippen molar-refractivity contribution in [2.24, 2.45) is 0 Å². The summed E-state index contributed by atoms with van der Waals surface area (Å²) >= 11 is 5.51. The SMILES string of the molecule is CCOC(=O)c1ccc(C)c(NC(=S)NC(CC)c2ccc(OC)c(OC)c2)c1. The second-order valence-corrected chi connectivity index (χ2v) is 6.83. The molecule has 2 N–H and O–H groups in total. The molecule has 0 heterocycles. The van der Waals surface area contributed by atoms with Gasteiger partial charge in [0, 0.05) is 5.69 Å². The maximum atomic E-state index is 12.0. The second kappa shape index (κ2) is 10.7. The molecule has 0 aliphatic heterocycles. The van der Waals surface area contributed by atoms with Crippen molar-refractivity contribution in [3.63, 3.8) is 0 Å². The molecule has 6 nitrogen and oxygen atoms in total. The van der Waals surface area contributed by atoms with Crippen LogP contribution in [0.5, 0.6) is 11.5 Å². The molecule has 1 unspecified atom stereocenters. The molecule has 156 valence electrons. The van der Waals surface area contributed by atoms with E-state index in [0.29, 0.717) is 28.8 Å². The van der Waals surface area contributed by atoms with Gasteiger partial charge in [0.1, 0.15) is 0 Å². The normalized spacial score (nSPS) is 11.3. The second-order valence-electron chi connectivity index (χ2n) is 6.42. The molecule has 29 heavy (non-hydrogen) atoms. The first-order valence-electron chi connectivity index (χ1n) is 9.50. The molecule has 7 heteroatoms. The Morgan fingerprint density at radius 2 is 1.79 bits per heavy atom. The maximum absolute atomic E-state index is 12.0. The lowest BCUT2D eigenvalue weighted by molar-refractivity contribution is 0.0526. The number of carbonyl (C=O) groups excluding carboxylic acids is 1.